The predicted octanol–water partition coefficient (Wildman–Crippen LogP) is 2.34. The molecule has 0 saturated carbocycles. The van der Waals surface area contributed by atoms with E-state index in [0.717, 1.165) is 6.42 Å². The van der Waals surface area contributed by atoms with Crippen LogP contribution in [0.2, 0.25) is 0 Å². The van der Waals surface area contributed by atoms with E-state index in [1.54, 1.807) is 4.90 Å². The highest BCUT2D eigenvalue weighted by molar-refractivity contribution is 7.81. The maximum atomic E-state index is 11.5. The first kappa shape index (κ1) is 12.8. The Balaban J connectivity index is 3.89. The molecule has 0 aromatic carbocycles. The van der Waals surface area contributed by atoms with Gasteiger partial charge in [-0.1, -0.05) is 13.8 Å². The van der Waals surface area contributed by atoms with Crippen LogP contribution in [0, 0.1) is 0 Å². The Morgan fingerprint density at radius 2 is 1.92 bits per heavy atom. The summed E-state index contributed by atoms with van der Waals surface area (Å²) in [6.45, 7) is 8.09. The lowest BCUT2D eigenvalue weighted by molar-refractivity contribution is -0.131. The Morgan fingerprint density at radius 1 is 1.46 bits per heavy atom. The maximum absolute atomic E-state index is 11.5. The lowest BCUT2D eigenvalue weighted by atomic mass is 10.1. The van der Waals surface area contributed by atoms with Crippen molar-refractivity contribution in [3.05, 3.63) is 0 Å². The molecule has 3 heteroatoms. The number of hydrogen-bond acceptors (Lipinski definition) is 2. The molecule has 0 rings (SSSR count). The molecule has 0 bridgehead atoms. The van der Waals surface area contributed by atoms with Crippen LogP contribution in [0.4, 0.5) is 0 Å². The number of nitrogens with zero attached hydrogens (tertiary/aromatic N) is 1. The second-order valence-corrected chi connectivity index (χ2v) is 5.62. The molecule has 0 N–H and O–H groups in total. The molecule has 0 unspecified atom stereocenters. The van der Waals surface area contributed by atoms with Crippen LogP contribution in [-0.4, -0.2) is 28.6 Å². The molecule has 0 aromatic heterocycles. The van der Waals surface area contributed by atoms with Crippen molar-refractivity contribution in [2.45, 2.75) is 51.3 Å². The molecular weight excluding hydrogens is 182 g/mol. The normalized spacial score (nSPS) is 11.9. The average Bonchev–Trinajstić information content (AvgIpc) is 1.97. The van der Waals surface area contributed by atoms with Gasteiger partial charge in [0.15, 0.2) is 0 Å². The molecule has 13 heavy (non-hydrogen) atoms. The first-order valence-corrected chi connectivity index (χ1v) is 5.17. The zero-order valence-corrected chi connectivity index (χ0v) is 10.2. The minimum Gasteiger partial charge on any atom is -0.343 e. The van der Waals surface area contributed by atoms with Gasteiger partial charge in [-0.05, 0) is 20.3 Å². The van der Waals surface area contributed by atoms with Crippen LogP contribution in [0.15, 0.2) is 0 Å². The molecule has 0 saturated heterocycles. The summed E-state index contributed by atoms with van der Waals surface area (Å²) in [5, 5.41) is 0. The fourth-order valence-corrected chi connectivity index (χ4v) is 0.989. The fraction of sp³-hybridized carbons (Fsp3) is 0.900. The van der Waals surface area contributed by atoms with E-state index in [4.69, 9.17) is 0 Å². The SMILES string of the molecule is CC(C)N(C)C(=O)CCC(C)(C)S. The highest BCUT2D eigenvalue weighted by atomic mass is 32.1. The minimum atomic E-state index is -0.0481. The lowest BCUT2D eigenvalue weighted by Gasteiger charge is -2.23. The second kappa shape index (κ2) is 4.89. The molecule has 0 spiro atoms. The van der Waals surface area contributed by atoms with Gasteiger partial charge in [0, 0.05) is 24.3 Å². The van der Waals surface area contributed by atoms with Crippen molar-refractivity contribution in [3.63, 3.8) is 0 Å². The largest absolute Gasteiger partial charge is 0.343 e. The highest BCUT2D eigenvalue weighted by Gasteiger charge is 2.17. The summed E-state index contributed by atoms with van der Waals surface area (Å²) in [7, 11) is 1.85. The maximum Gasteiger partial charge on any atom is 0.222 e. The van der Waals surface area contributed by atoms with Gasteiger partial charge in [-0.15, -0.1) is 0 Å². The van der Waals surface area contributed by atoms with Gasteiger partial charge in [-0.2, -0.15) is 12.6 Å². The Hall–Kier alpha value is -0.180. The van der Waals surface area contributed by atoms with Gasteiger partial charge in [0.25, 0.3) is 0 Å². The van der Waals surface area contributed by atoms with E-state index in [9.17, 15) is 4.79 Å². The molecule has 0 radical (unpaired) electrons. The van der Waals surface area contributed by atoms with E-state index in [2.05, 4.69) is 12.6 Å². The van der Waals surface area contributed by atoms with Crippen LogP contribution in [0.25, 0.3) is 0 Å². The van der Waals surface area contributed by atoms with Gasteiger partial charge in [0.1, 0.15) is 0 Å². The summed E-state index contributed by atoms with van der Waals surface area (Å²) >= 11 is 4.38. The number of carbonyl (C=O) groups excluding carboxylic acids is 1. The van der Waals surface area contributed by atoms with Crippen molar-refractivity contribution in [3.8, 4) is 0 Å². The highest BCUT2D eigenvalue weighted by Crippen LogP contribution is 2.19. The van der Waals surface area contributed by atoms with Gasteiger partial charge < -0.3 is 4.90 Å². The van der Waals surface area contributed by atoms with E-state index < -0.39 is 0 Å². The molecule has 0 atom stereocenters. The van der Waals surface area contributed by atoms with Gasteiger partial charge in [0.2, 0.25) is 5.91 Å². The summed E-state index contributed by atoms with van der Waals surface area (Å²) in [4.78, 5) is 13.3. The molecule has 0 fully saturated rings. The molecule has 0 aromatic rings. The third-order valence-electron chi connectivity index (χ3n) is 2.12. The Morgan fingerprint density at radius 3 is 2.23 bits per heavy atom. The Labute approximate surface area is 87.1 Å². The van der Waals surface area contributed by atoms with Crippen LogP contribution < -0.4 is 0 Å². The van der Waals surface area contributed by atoms with E-state index in [1.165, 1.54) is 0 Å². The average molecular weight is 203 g/mol. The van der Waals surface area contributed by atoms with Crippen LogP contribution >= 0.6 is 12.6 Å². The van der Waals surface area contributed by atoms with Crippen molar-refractivity contribution in [1.29, 1.82) is 0 Å². The van der Waals surface area contributed by atoms with Gasteiger partial charge >= 0.3 is 0 Å². The monoisotopic (exact) mass is 203 g/mol. The molecule has 0 aliphatic heterocycles. The van der Waals surface area contributed by atoms with Gasteiger partial charge in [0.05, 0.1) is 0 Å². The molecule has 78 valence electrons. The standard InChI is InChI=1S/C10H21NOS/c1-8(2)11(5)9(12)6-7-10(3,4)13/h8,13H,6-7H2,1-5H3. The van der Waals surface area contributed by atoms with Crippen molar-refractivity contribution < 1.29 is 4.79 Å². The summed E-state index contributed by atoms with van der Waals surface area (Å²) in [5.41, 5.74) is 0. The van der Waals surface area contributed by atoms with Gasteiger partial charge in [-0.25, -0.2) is 0 Å². The van der Waals surface area contributed by atoms with Crippen LogP contribution in [-0.2, 0) is 4.79 Å². The lowest BCUT2D eigenvalue weighted by Crippen LogP contribution is -2.33. The van der Waals surface area contributed by atoms with Gasteiger partial charge in [-0.3, -0.25) is 4.79 Å². The third kappa shape index (κ3) is 5.97. The van der Waals surface area contributed by atoms with Crippen LogP contribution in [0.1, 0.15) is 40.5 Å². The second-order valence-electron chi connectivity index (χ2n) is 4.41. The van der Waals surface area contributed by atoms with E-state index >= 15 is 0 Å². The molecule has 0 aliphatic rings. The van der Waals surface area contributed by atoms with Crippen molar-refractivity contribution in [1.82, 2.24) is 4.90 Å². The zero-order chi connectivity index (χ0) is 10.6. The summed E-state index contributed by atoms with van der Waals surface area (Å²) in [6.07, 6.45) is 1.41. The van der Waals surface area contributed by atoms with E-state index in [-0.39, 0.29) is 16.7 Å². The van der Waals surface area contributed by atoms with Crippen molar-refractivity contribution in [2.24, 2.45) is 0 Å². The van der Waals surface area contributed by atoms with Crippen molar-refractivity contribution >= 4 is 18.5 Å². The summed E-state index contributed by atoms with van der Waals surface area (Å²) in [6, 6.07) is 0.288. The zero-order valence-electron chi connectivity index (χ0n) is 9.29. The molecule has 2 nitrogen and oxygen atoms in total. The fourth-order valence-electron chi connectivity index (χ4n) is 0.877. The first-order chi connectivity index (χ1) is 5.74. The number of thiol groups is 1. The number of hydrogen-bond donors (Lipinski definition) is 1. The molecular formula is C10H21NOS. The number of rotatable bonds is 4. The quantitative estimate of drug-likeness (QED) is 0.695. The van der Waals surface area contributed by atoms with Crippen molar-refractivity contribution in [2.75, 3.05) is 7.05 Å². The predicted molar refractivity (Wildman–Crippen MR) is 60.2 cm³/mol. The van der Waals surface area contributed by atoms with Crippen LogP contribution in [0.5, 0.6) is 0 Å². The number of amides is 1. The smallest absolute Gasteiger partial charge is 0.222 e. The first-order valence-electron chi connectivity index (χ1n) is 4.72. The Bertz CT molecular complexity index is 172. The summed E-state index contributed by atoms with van der Waals surface area (Å²) in [5.74, 6) is 0.206. The van der Waals surface area contributed by atoms with E-state index in [1.807, 2.05) is 34.7 Å². The number of carbonyl (C=O) groups is 1. The third-order valence-corrected chi connectivity index (χ3v) is 2.34. The Kier molecular flexibility index (Phi) is 4.82. The summed E-state index contributed by atoms with van der Waals surface area (Å²) < 4.78 is -0.0481. The van der Waals surface area contributed by atoms with Crippen LogP contribution in [0.3, 0.4) is 0 Å². The molecule has 1 amide bonds. The molecule has 0 aliphatic carbocycles. The molecule has 0 heterocycles. The van der Waals surface area contributed by atoms with E-state index in [0.29, 0.717) is 6.42 Å². The minimum absolute atomic E-state index is 0.0481. The topological polar surface area (TPSA) is 20.3 Å².